The fourth-order valence-corrected chi connectivity index (χ4v) is 5.76. The molecule has 3 heterocycles. The summed E-state index contributed by atoms with van der Waals surface area (Å²) >= 11 is 1.28. The van der Waals surface area contributed by atoms with Crippen LogP contribution in [0.3, 0.4) is 0 Å². The van der Waals surface area contributed by atoms with Gasteiger partial charge in [0.2, 0.25) is 5.91 Å². The quantitative estimate of drug-likeness (QED) is 0.263. The van der Waals surface area contributed by atoms with Crippen LogP contribution in [0.2, 0.25) is 0 Å². The Morgan fingerprint density at radius 2 is 1.95 bits per heavy atom. The molecule has 0 N–H and O–H groups in total. The molecule has 0 bridgehead atoms. The number of aliphatic imine (C=N–C) groups is 1. The summed E-state index contributed by atoms with van der Waals surface area (Å²) in [6.07, 6.45) is 12.6. The van der Waals surface area contributed by atoms with Gasteiger partial charge < -0.3 is 14.7 Å². The van der Waals surface area contributed by atoms with E-state index in [4.69, 9.17) is 4.98 Å². The van der Waals surface area contributed by atoms with Crippen molar-refractivity contribution in [2.45, 2.75) is 46.5 Å². The number of anilines is 1. The molecule has 2 aromatic rings. The van der Waals surface area contributed by atoms with Crippen LogP contribution in [0.15, 0.2) is 101 Å². The summed E-state index contributed by atoms with van der Waals surface area (Å²) in [6.45, 7) is 16.0. The van der Waals surface area contributed by atoms with E-state index in [0.717, 1.165) is 60.7 Å². The molecule has 0 saturated carbocycles. The molecule has 4 rings (SSSR count). The van der Waals surface area contributed by atoms with Gasteiger partial charge in [-0.05, 0) is 80.7 Å². The Morgan fingerprint density at radius 1 is 1.26 bits per heavy atom. The van der Waals surface area contributed by atoms with E-state index >= 15 is 0 Å². The highest BCUT2D eigenvalue weighted by atomic mass is 32.1. The maximum absolute atomic E-state index is 13.6. The monoisotopic (exact) mass is 596 g/mol. The second-order valence-electron chi connectivity index (χ2n) is 10.4. The molecule has 7 nitrogen and oxygen atoms in total. The number of rotatable bonds is 10. The molecule has 2 aliphatic rings. The Bertz CT molecular complexity index is 1600. The van der Waals surface area contributed by atoms with Gasteiger partial charge in [-0.1, -0.05) is 37.5 Å². The zero-order chi connectivity index (χ0) is 31.1. The van der Waals surface area contributed by atoms with Gasteiger partial charge in [0.05, 0.1) is 12.1 Å². The summed E-state index contributed by atoms with van der Waals surface area (Å²) in [5.74, 6) is 0.605. The molecule has 0 atom stereocenters. The molecule has 43 heavy (non-hydrogen) atoms. The molecule has 0 spiro atoms. The van der Waals surface area contributed by atoms with Crippen molar-refractivity contribution in [2.24, 2.45) is 4.99 Å². The van der Waals surface area contributed by atoms with Gasteiger partial charge >= 0.3 is 0 Å². The molecule has 0 unspecified atom stereocenters. The van der Waals surface area contributed by atoms with E-state index in [1.165, 1.54) is 23.5 Å². The fraction of sp³-hybridized carbons (Fsp3) is 0.294. The van der Waals surface area contributed by atoms with Crippen molar-refractivity contribution >= 4 is 28.6 Å². The maximum atomic E-state index is 13.6. The van der Waals surface area contributed by atoms with E-state index in [1.54, 1.807) is 18.3 Å². The number of thiazole rings is 1. The molecule has 1 fully saturated rings. The average molecular weight is 597 g/mol. The van der Waals surface area contributed by atoms with Gasteiger partial charge in [0.15, 0.2) is 5.13 Å². The lowest BCUT2D eigenvalue weighted by Gasteiger charge is -2.34. The third-order valence-corrected chi connectivity index (χ3v) is 8.44. The first kappa shape index (κ1) is 31.4. The fourth-order valence-electron chi connectivity index (χ4n) is 4.91. The Labute approximate surface area is 257 Å². The van der Waals surface area contributed by atoms with Gasteiger partial charge in [-0.25, -0.2) is 9.37 Å². The van der Waals surface area contributed by atoms with Gasteiger partial charge in [-0.3, -0.25) is 9.79 Å². The highest BCUT2D eigenvalue weighted by Gasteiger charge is 2.25. The minimum Gasteiger partial charge on any atom is -0.342 e. The number of nitriles is 1. The molecular weight excluding hydrogens is 559 g/mol. The molecule has 1 amide bonds. The second kappa shape index (κ2) is 14.1. The number of hydrogen-bond donors (Lipinski definition) is 0. The number of carbonyl (C=O) groups excluding carboxylic acids is 1. The lowest BCUT2D eigenvalue weighted by Crippen LogP contribution is -2.31. The Hall–Kier alpha value is -4.55. The summed E-state index contributed by atoms with van der Waals surface area (Å²) in [6, 6.07) is 8.24. The van der Waals surface area contributed by atoms with Crippen LogP contribution in [-0.2, 0) is 4.79 Å². The van der Waals surface area contributed by atoms with E-state index in [-0.39, 0.29) is 18.1 Å². The van der Waals surface area contributed by atoms with Crippen molar-refractivity contribution < 1.29 is 9.18 Å². The van der Waals surface area contributed by atoms with Crippen molar-refractivity contribution in [3.05, 3.63) is 106 Å². The van der Waals surface area contributed by atoms with E-state index in [0.29, 0.717) is 26.8 Å². The SMILES string of the molecule is C=C(/C=N\C(=C/C)C1=CN(/C(=C(\C)CC)N(C)c2nc(-c3ccc(F)cc3)c(C#N)s2)C(=C)C=C1)CC(=O)N1CCCC1. The van der Waals surface area contributed by atoms with Crippen molar-refractivity contribution in [1.82, 2.24) is 14.8 Å². The van der Waals surface area contributed by atoms with Crippen LogP contribution in [0.4, 0.5) is 9.52 Å². The Kier molecular flexibility index (Phi) is 10.3. The number of halogens is 1. The van der Waals surface area contributed by atoms with Gasteiger partial charge in [0.25, 0.3) is 0 Å². The molecular formula is C34H37FN6OS. The molecule has 1 aromatic heterocycles. The van der Waals surface area contributed by atoms with Crippen LogP contribution in [0.1, 0.15) is 51.3 Å². The minimum absolute atomic E-state index is 0.0902. The zero-order valence-corrected chi connectivity index (χ0v) is 26.0. The standard InChI is InChI=1S/C34H37FN6OS/c1-7-24(4)33(39(6)34-38-32(30(20-36)43-34)26-13-15-28(35)16-14-26)41-22-27(12-11-25(41)5)29(8-2)37-21-23(3)19-31(42)40-17-9-10-18-40/h8,11-16,21-22H,3,5,7,9-10,17-19H2,1-2,4,6H3/b29-8-,33-24+,37-21-. The number of benzene rings is 1. The van der Waals surface area contributed by atoms with Crippen molar-refractivity contribution in [3.8, 4) is 17.3 Å². The minimum atomic E-state index is -0.345. The van der Waals surface area contributed by atoms with Crippen LogP contribution in [0.25, 0.3) is 11.3 Å². The number of likely N-dealkylation sites (tertiary alicyclic amines) is 1. The third-order valence-electron chi connectivity index (χ3n) is 7.41. The summed E-state index contributed by atoms with van der Waals surface area (Å²) in [4.78, 5) is 28.3. The van der Waals surface area contributed by atoms with Crippen molar-refractivity contribution in [2.75, 3.05) is 25.0 Å². The zero-order valence-electron chi connectivity index (χ0n) is 25.2. The molecule has 9 heteroatoms. The summed E-state index contributed by atoms with van der Waals surface area (Å²) < 4.78 is 13.6. The topological polar surface area (TPSA) is 75.8 Å². The van der Waals surface area contributed by atoms with E-state index in [1.807, 2.05) is 53.1 Å². The summed E-state index contributed by atoms with van der Waals surface area (Å²) in [7, 11) is 1.91. The van der Waals surface area contributed by atoms with E-state index in [9.17, 15) is 14.4 Å². The van der Waals surface area contributed by atoms with E-state index in [2.05, 4.69) is 38.1 Å². The van der Waals surface area contributed by atoms with Crippen LogP contribution >= 0.6 is 11.3 Å². The maximum Gasteiger partial charge on any atom is 0.227 e. The first-order chi connectivity index (χ1) is 20.7. The van der Waals surface area contributed by atoms with Crippen LogP contribution in [-0.4, -0.2) is 47.0 Å². The van der Waals surface area contributed by atoms with Gasteiger partial charge in [0.1, 0.15) is 28.3 Å². The summed E-state index contributed by atoms with van der Waals surface area (Å²) in [5.41, 5.74) is 5.31. The van der Waals surface area contributed by atoms with Crippen molar-refractivity contribution in [1.29, 1.82) is 5.26 Å². The number of aromatic nitrogens is 1. The first-order valence-electron chi connectivity index (χ1n) is 14.3. The van der Waals surface area contributed by atoms with Crippen LogP contribution < -0.4 is 4.90 Å². The Balaban J connectivity index is 1.61. The highest BCUT2D eigenvalue weighted by molar-refractivity contribution is 7.16. The van der Waals surface area contributed by atoms with Crippen LogP contribution in [0, 0.1) is 17.1 Å². The molecule has 2 aliphatic heterocycles. The number of hydrogen-bond acceptors (Lipinski definition) is 7. The van der Waals surface area contributed by atoms with E-state index < -0.39 is 0 Å². The number of amides is 1. The number of allylic oxidation sites excluding steroid dienone is 4. The van der Waals surface area contributed by atoms with Crippen molar-refractivity contribution in [3.63, 3.8) is 0 Å². The third kappa shape index (κ3) is 7.27. The average Bonchev–Trinajstić information content (AvgIpc) is 3.70. The summed E-state index contributed by atoms with van der Waals surface area (Å²) in [5, 5.41) is 10.5. The predicted molar refractivity (Wildman–Crippen MR) is 174 cm³/mol. The normalized spacial score (nSPS) is 16.0. The molecule has 222 valence electrons. The molecule has 1 aromatic carbocycles. The van der Waals surface area contributed by atoms with Gasteiger partial charge in [0, 0.05) is 49.4 Å². The molecule has 0 radical (unpaired) electrons. The lowest BCUT2D eigenvalue weighted by atomic mass is 10.1. The lowest BCUT2D eigenvalue weighted by molar-refractivity contribution is -0.129. The smallest absolute Gasteiger partial charge is 0.227 e. The van der Waals surface area contributed by atoms with Gasteiger partial charge in [-0.15, -0.1) is 0 Å². The molecule has 0 aliphatic carbocycles. The predicted octanol–water partition coefficient (Wildman–Crippen LogP) is 7.71. The first-order valence-corrected chi connectivity index (χ1v) is 15.1. The largest absolute Gasteiger partial charge is 0.342 e. The highest BCUT2D eigenvalue weighted by Crippen LogP contribution is 2.37. The molecule has 1 saturated heterocycles. The number of carbonyl (C=O) groups is 1. The van der Waals surface area contributed by atoms with Crippen LogP contribution in [0.5, 0.6) is 0 Å². The second-order valence-corrected chi connectivity index (χ2v) is 11.4. The number of nitrogens with zero attached hydrogens (tertiary/aromatic N) is 6. The Morgan fingerprint density at radius 3 is 2.58 bits per heavy atom. The van der Waals surface area contributed by atoms with Gasteiger partial charge in [-0.2, -0.15) is 5.26 Å².